The maximum absolute atomic E-state index is 11.2. The summed E-state index contributed by atoms with van der Waals surface area (Å²) in [6.07, 6.45) is 0. The van der Waals surface area contributed by atoms with E-state index in [1.54, 1.807) is 6.92 Å². The Labute approximate surface area is 92.7 Å². The number of rotatable bonds is 3. The van der Waals surface area contributed by atoms with Gasteiger partial charge in [0, 0.05) is 12.6 Å². The van der Waals surface area contributed by atoms with Gasteiger partial charge >= 0.3 is 0 Å². The molecule has 0 heterocycles. The molecule has 0 aliphatic heterocycles. The minimum absolute atomic E-state index is 0.0475. The summed E-state index contributed by atoms with van der Waals surface area (Å²) in [5.41, 5.74) is 1.42. The highest BCUT2D eigenvalue weighted by atomic mass is 28.3. The molecule has 0 fully saturated rings. The molecule has 0 saturated carbocycles. The zero-order chi connectivity index (χ0) is 11.5. The first kappa shape index (κ1) is 12.0. The molecule has 1 N–H and O–H groups in total. The Morgan fingerprint density at radius 3 is 2.13 bits per heavy atom. The van der Waals surface area contributed by atoms with Gasteiger partial charge in [0.15, 0.2) is 0 Å². The van der Waals surface area contributed by atoms with Crippen molar-refractivity contribution in [1.29, 1.82) is 0 Å². The molecule has 0 bridgehead atoms. The standard InChI is InChI=1S/C12H19NOSi/c1-10(14)13-12(15(2,3)4)11-8-6-5-7-9-11/h5-9,12H,1-4H3,(H,13,14). The molecule has 1 aromatic carbocycles. The van der Waals surface area contributed by atoms with Gasteiger partial charge in [-0.05, 0) is 5.56 Å². The van der Waals surface area contributed by atoms with E-state index >= 15 is 0 Å². The van der Waals surface area contributed by atoms with Crippen LogP contribution in [0.4, 0.5) is 0 Å². The summed E-state index contributed by atoms with van der Waals surface area (Å²) in [6, 6.07) is 10.2. The van der Waals surface area contributed by atoms with Gasteiger partial charge < -0.3 is 5.32 Å². The number of hydrogen-bond donors (Lipinski definition) is 1. The summed E-state index contributed by atoms with van der Waals surface area (Å²) < 4.78 is 0. The lowest BCUT2D eigenvalue weighted by Gasteiger charge is -2.29. The van der Waals surface area contributed by atoms with Crippen LogP contribution in [0.2, 0.25) is 19.6 Å². The summed E-state index contributed by atoms with van der Waals surface area (Å²) in [6.45, 7) is 8.37. The Morgan fingerprint density at radius 1 is 1.20 bits per heavy atom. The van der Waals surface area contributed by atoms with Gasteiger partial charge in [0.1, 0.15) is 0 Å². The second kappa shape index (κ2) is 4.62. The second-order valence-corrected chi connectivity index (χ2v) is 10.2. The van der Waals surface area contributed by atoms with Crippen LogP contribution < -0.4 is 5.32 Å². The average Bonchev–Trinajstić information content (AvgIpc) is 2.14. The van der Waals surface area contributed by atoms with Crippen molar-refractivity contribution < 1.29 is 4.79 Å². The smallest absolute Gasteiger partial charge is 0.217 e. The highest BCUT2D eigenvalue weighted by molar-refractivity contribution is 6.77. The number of nitrogens with one attached hydrogen (secondary N) is 1. The quantitative estimate of drug-likeness (QED) is 0.781. The molecule has 2 nitrogen and oxygen atoms in total. The summed E-state index contributed by atoms with van der Waals surface area (Å²) in [5.74, 6) is 0.0475. The van der Waals surface area contributed by atoms with Crippen LogP contribution >= 0.6 is 0 Å². The maximum Gasteiger partial charge on any atom is 0.217 e. The molecule has 1 amide bonds. The molecule has 0 aromatic heterocycles. The molecule has 0 spiro atoms. The number of carbonyl (C=O) groups is 1. The molecular weight excluding hydrogens is 202 g/mol. The first-order valence-corrected chi connectivity index (χ1v) is 8.81. The molecule has 82 valence electrons. The van der Waals surface area contributed by atoms with Gasteiger partial charge in [-0.1, -0.05) is 50.0 Å². The van der Waals surface area contributed by atoms with E-state index in [-0.39, 0.29) is 11.6 Å². The van der Waals surface area contributed by atoms with E-state index in [0.29, 0.717) is 0 Å². The van der Waals surface area contributed by atoms with Crippen LogP contribution in [0.25, 0.3) is 0 Å². The lowest BCUT2D eigenvalue weighted by atomic mass is 10.2. The first-order chi connectivity index (χ1) is 6.91. The van der Waals surface area contributed by atoms with Crippen molar-refractivity contribution >= 4 is 14.0 Å². The largest absolute Gasteiger partial charge is 0.352 e. The van der Waals surface area contributed by atoms with Crippen molar-refractivity contribution in [3.63, 3.8) is 0 Å². The maximum atomic E-state index is 11.2. The van der Waals surface area contributed by atoms with Crippen molar-refractivity contribution in [3.8, 4) is 0 Å². The Kier molecular flexibility index (Phi) is 3.69. The Balaban J connectivity index is 2.97. The number of hydrogen-bond acceptors (Lipinski definition) is 1. The van der Waals surface area contributed by atoms with Gasteiger partial charge in [-0.3, -0.25) is 4.79 Å². The van der Waals surface area contributed by atoms with E-state index in [0.717, 1.165) is 0 Å². The van der Waals surface area contributed by atoms with Crippen molar-refractivity contribution in [1.82, 2.24) is 5.32 Å². The molecule has 0 aliphatic carbocycles. The van der Waals surface area contributed by atoms with Crippen LogP contribution in [-0.4, -0.2) is 14.0 Å². The zero-order valence-corrected chi connectivity index (χ0v) is 10.9. The molecule has 1 aromatic rings. The van der Waals surface area contributed by atoms with Crippen molar-refractivity contribution in [2.24, 2.45) is 0 Å². The fraction of sp³-hybridized carbons (Fsp3) is 0.417. The molecule has 1 atom stereocenters. The topological polar surface area (TPSA) is 29.1 Å². The van der Waals surface area contributed by atoms with Gasteiger partial charge in [0.2, 0.25) is 5.91 Å². The van der Waals surface area contributed by atoms with Crippen molar-refractivity contribution in [3.05, 3.63) is 35.9 Å². The van der Waals surface area contributed by atoms with Crippen molar-refractivity contribution in [2.75, 3.05) is 0 Å². The molecule has 1 rings (SSSR count). The SMILES string of the molecule is CC(=O)NC(c1ccccc1)[Si](C)(C)C. The van der Waals surface area contributed by atoms with Crippen LogP contribution in [0.3, 0.4) is 0 Å². The molecule has 0 saturated heterocycles. The summed E-state index contributed by atoms with van der Waals surface area (Å²) in [7, 11) is -1.42. The fourth-order valence-corrected chi connectivity index (χ4v) is 3.48. The third-order valence-corrected chi connectivity index (χ3v) is 4.56. The second-order valence-electron chi connectivity index (χ2n) is 4.91. The molecule has 0 radical (unpaired) electrons. The van der Waals surface area contributed by atoms with Gasteiger partial charge in [-0.25, -0.2) is 0 Å². The highest BCUT2D eigenvalue weighted by Crippen LogP contribution is 2.23. The Morgan fingerprint density at radius 2 is 1.73 bits per heavy atom. The van der Waals surface area contributed by atoms with Crippen LogP contribution in [0.1, 0.15) is 18.2 Å². The first-order valence-electron chi connectivity index (χ1n) is 5.23. The fourth-order valence-electron chi connectivity index (χ4n) is 1.65. The average molecular weight is 221 g/mol. The number of amides is 1. The van der Waals surface area contributed by atoms with Gasteiger partial charge in [0.25, 0.3) is 0 Å². The van der Waals surface area contributed by atoms with E-state index in [1.165, 1.54) is 5.56 Å². The monoisotopic (exact) mass is 221 g/mol. The van der Waals surface area contributed by atoms with Crippen LogP contribution in [0.15, 0.2) is 30.3 Å². The molecule has 0 aliphatic rings. The lowest BCUT2D eigenvalue weighted by Crippen LogP contribution is -2.42. The van der Waals surface area contributed by atoms with E-state index in [1.807, 2.05) is 18.2 Å². The minimum atomic E-state index is -1.42. The van der Waals surface area contributed by atoms with E-state index in [2.05, 4.69) is 37.1 Å². The van der Waals surface area contributed by atoms with Crippen molar-refractivity contribution in [2.45, 2.75) is 32.2 Å². The third kappa shape index (κ3) is 3.51. The van der Waals surface area contributed by atoms with Gasteiger partial charge in [0.05, 0.1) is 8.07 Å². The lowest BCUT2D eigenvalue weighted by molar-refractivity contribution is -0.119. The molecular formula is C12H19NOSi. The highest BCUT2D eigenvalue weighted by Gasteiger charge is 2.28. The van der Waals surface area contributed by atoms with Gasteiger partial charge in [-0.2, -0.15) is 0 Å². The predicted molar refractivity (Wildman–Crippen MR) is 66.3 cm³/mol. The normalized spacial score (nSPS) is 13.3. The van der Waals surface area contributed by atoms with Crippen LogP contribution in [0.5, 0.6) is 0 Å². The zero-order valence-electron chi connectivity index (χ0n) is 9.87. The minimum Gasteiger partial charge on any atom is -0.352 e. The summed E-state index contributed by atoms with van der Waals surface area (Å²) in [5, 5.41) is 3.06. The number of carbonyl (C=O) groups excluding carboxylic acids is 1. The van der Waals surface area contributed by atoms with E-state index in [4.69, 9.17) is 0 Å². The molecule has 1 unspecified atom stereocenters. The van der Waals surface area contributed by atoms with Crippen LogP contribution in [0, 0.1) is 0 Å². The summed E-state index contributed by atoms with van der Waals surface area (Å²) in [4.78, 5) is 11.2. The molecule has 3 heteroatoms. The Hall–Kier alpha value is -1.09. The van der Waals surface area contributed by atoms with E-state index in [9.17, 15) is 4.79 Å². The Bertz CT molecular complexity index is 329. The molecule has 15 heavy (non-hydrogen) atoms. The van der Waals surface area contributed by atoms with E-state index < -0.39 is 8.07 Å². The number of benzene rings is 1. The predicted octanol–water partition coefficient (Wildman–Crippen LogP) is 2.74. The van der Waals surface area contributed by atoms with Crippen LogP contribution in [-0.2, 0) is 4.79 Å². The third-order valence-electron chi connectivity index (χ3n) is 2.35. The summed E-state index contributed by atoms with van der Waals surface area (Å²) >= 11 is 0. The van der Waals surface area contributed by atoms with Gasteiger partial charge in [-0.15, -0.1) is 0 Å².